The van der Waals surface area contributed by atoms with Crippen LogP contribution in [0.1, 0.15) is 23.5 Å². The number of ether oxygens (including phenoxy) is 1. The number of esters is 1. The maximum atomic E-state index is 12.5. The van der Waals surface area contributed by atoms with Gasteiger partial charge in [0.1, 0.15) is 6.04 Å². The fraction of sp³-hybridized carbons (Fsp3) is 0.294. The summed E-state index contributed by atoms with van der Waals surface area (Å²) in [6.07, 6.45) is 0. The van der Waals surface area contributed by atoms with Gasteiger partial charge in [0, 0.05) is 5.02 Å². The van der Waals surface area contributed by atoms with Crippen molar-refractivity contribution in [2.75, 3.05) is 6.61 Å². The highest BCUT2D eigenvalue weighted by molar-refractivity contribution is 7.89. The number of nitrogens with one attached hydrogen (secondary N) is 1. The van der Waals surface area contributed by atoms with Crippen molar-refractivity contribution in [3.8, 4) is 0 Å². The van der Waals surface area contributed by atoms with Crippen LogP contribution in [0.25, 0.3) is 0 Å². The molecule has 146 valence electrons. The zero-order valence-corrected chi connectivity index (χ0v) is 17.6. The van der Waals surface area contributed by atoms with Gasteiger partial charge in [0.25, 0.3) is 0 Å². The molecule has 0 fully saturated rings. The van der Waals surface area contributed by atoms with Gasteiger partial charge in [-0.1, -0.05) is 37.0 Å². The lowest BCUT2D eigenvalue weighted by Gasteiger charge is -2.20. The molecule has 0 saturated heterocycles. The number of carbonyl (C=O) groups is 2. The monoisotopic (exact) mass is 449 g/mol. The molecule has 1 aromatic carbocycles. The molecule has 0 radical (unpaired) electrons. The lowest BCUT2D eigenvalue weighted by molar-refractivity contribution is -0.145. The minimum Gasteiger partial charge on any atom is -0.456 e. The van der Waals surface area contributed by atoms with E-state index in [9.17, 15) is 18.0 Å². The van der Waals surface area contributed by atoms with Crippen LogP contribution in [0.5, 0.6) is 0 Å². The molecule has 1 unspecified atom stereocenters. The van der Waals surface area contributed by atoms with E-state index in [-0.39, 0.29) is 4.90 Å². The van der Waals surface area contributed by atoms with E-state index >= 15 is 0 Å². The summed E-state index contributed by atoms with van der Waals surface area (Å²) in [5.74, 6) is -1.65. The number of ketones is 1. The molecule has 0 bridgehead atoms. The first-order valence-corrected chi connectivity index (χ1v) is 10.9. The maximum Gasteiger partial charge on any atom is 0.324 e. The SMILES string of the molecule is CC(C)C(NS(=O)(=O)c1ccc(Cl)cc1)C(=O)OCC(=O)c1ccc(Cl)s1. The lowest BCUT2D eigenvalue weighted by Crippen LogP contribution is -2.45. The normalized spacial score (nSPS) is 12.8. The third-order valence-corrected chi connectivity index (χ3v) is 6.50. The molecule has 0 aliphatic heterocycles. The zero-order chi connectivity index (χ0) is 20.2. The first-order chi connectivity index (χ1) is 12.6. The molecule has 1 aromatic heterocycles. The largest absolute Gasteiger partial charge is 0.456 e. The molecule has 1 atom stereocenters. The molecule has 0 saturated carbocycles. The van der Waals surface area contributed by atoms with Gasteiger partial charge in [-0.05, 0) is 42.3 Å². The highest BCUT2D eigenvalue weighted by Crippen LogP contribution is 2.22. The van der Waals surface area contributed by atoms with Gasteiger partial charge in [0.2, 0.25) is 15.8 Å². The van der Waals surface area contributed by atoms with E-state index in [1.807, 2.05) is 0 Å². The fourth-order valence-corrected chi connectivity index (χ4v) is 4.49. The van der Waals surface area contributed by atoms with Crippen molar-refractivity contribution < 1.29 is 22.7 Å². The molecule has 0 aliphatic carbocycles. The summed E-state index contributed by atoms with van der Waals surface area (Å²) in [5, 5.41) is 0.390. The third-order valence-electron chi connectivity index (χ3n) is 3.52. The Bertz CT molecular complexity index is 923. The molecule has 2 aromatic rings. The van der Waals surface area contributed by atoms with Crippen LogP contribution in [0.2, 0.25) is 9.36 Å². The van der Waals surface area contributed by atoms with Gasteiger partial charge in [-0.25, -0.2) is 8.42 Å². The Hall–Kier alpha value is -1.45. The van der Waals surface area contributed by atoms with Crippen LogP contribution >= 0.6 is 34.5 Å². The van der Waals surface area contributed by atoms with Gasteiger partial charge in [0.05, 0.1) is 14.1 Å². The molecule has 2 rings (SSSR count). The quantitative estimate of drug-likeness (QED) is 0.488. The first-order valence-electron chi connectivity index (χ1n) is 7.83. The Morgan fingerprint density at radius 1 is 1.11 bits per heavy atom. The van der Waals surface area contributed by atoms with Gasteiger partial charge >= 0.3 is 5.97 Å². The van der Waals surface area contributed by atoms with E-state index in [2.05, 4.69) is 4.72 Å². The van der Waals surface area contributed by atoms with E-state index in [1.165, 1.54) is 30.3 Å². The summed E-state index contributed by atoms with van der Waals surface area (Å²) in [5.41, 5.74) is 0. The van der Waals surface area contributed by atoms with E-state index in [0.29, 0.717) is 14.2 Å². The Morgan fingerprint density at radius 3 is 2.26 bits per heavy atom. The van der Waals surface area contributed by atoms with Crippen LogP contribution in [0.3, 0.4) is 0 Å². The standard InChI is InChI=1S/C17H17Cl2NO5S2/c1-10(2)16(20-27(23,24)12-5-3-11(18)4-6-12)17(22)25-9-13(21)14-7-8-15(19)26-14/h3-8,10,16,20H,9H2,1-2H3. The number of carbonyl (C=O) groups excluding carboxylic acids is 2. The summed E-state index contributed by atoms with van der Waals surface area (Å²) in [7, 11) is -3.96. The van der Waals surface area contributed by atoms with Crippen LogP contribution in [-0.2, 0) is 19.6 Å². The molecule has 1 N–H and O–H groups in total. The number of sulfonamides is 1. The number of rotatable bonds is 8. The average Bonchev–Trinajstić information content (AvgIpc) is 3.04. The second kappa shape index (κ2) is 9.16. The maximum absolute atomic E-state index is 12.5. The number of halogens is 2. The number of benzene rings is 1. The topological polar surface area (TPSA) is 89.5 Å². The highest BCUT2D eigenvalue weighted by atomic mass is 35.5. The Morgan fingerprint density at radius 2 is 1.74 bits per heavy atom. The molecule has 1 heterocycles. The predicted octanol–water partition coefficient (Wildman–Crippen LogP) is 3.78. The molecule has 0 aliphatic rings. The molecule has 0 amide bonds. The van der Waals surface area contributed by atoms with Crippen molar-refractivity contribution >= 4 is 56.3 Å². The molecule has 27 heavy (non-hydrogen) atoms. The number of hydrogen-bond donors (Lipinski definition) is 1. The van der Waals surface area contributed by atoms with Gasteiger partial charge in [-0.15, -0.1) is 11.3 Å². The van der Waals surface area contributed by atoms with Crippen molar-refractivity contribution in [1.29, 1.82) is 0 Å². The van der Waals surface area contributed by atoms with E-state index in [0.717, 1.165) is 11.3 Å². The first kappa shape index (κ1) is 21.8. The lowest BCUT2D eigenvalue weighted by atomic mass is 10.1. The molecule has 10 heteroatoms. The van der Waals surface area contributed by atoms with Crippen LogP contribution in [-0.4, -0.2) is 32.8 Å². The van der Waals surface area contributed by atoms with Gasteiger partial charge in [-0.3, -0.25) is 9.59 Å². The Balaban J connectivity index is 2.06. The smallest absolute Gasteiger partial charge is 0.324 e. The predicted molar refractivity (Wildman–Crippen MR) is 105 cm³/mol. The number of thiophene rings is 1. The van der Waals surface area contributed by atoms with Crippen molar-refractivity contribution in [2.24, 2.45) is 5.92 Å². The summed E-state index contributed by atoms with van der Waals surface area (Å²) in [4.78, 5) is 24.7. The number of hydrogen-bond acceptors (Lipinski definition) is 6. The molecule has 0 spiro atoms. The number of Topliss-reactive ketones (excluding diaryl/α,β-unsaturated/α-hetero) is 1. The van der Waals surface area contributed by atoms with Gasteiger partial charge in [-0.2, -0.15) is 4.72 Å². The van der Waals surface area contributed by atoms with Crippen LogP contribution in [0.15, 0.2) is 41.3 Å². The van der Waals surface area contributed by atoms with Crippen LogP contribution in [0, 0.1) is 5.92 Å². The third kappa shape index (κ3) is 6.02. The minimum absolute atomic E-state index is 0.0327. The van der Waals surface area contributed by atoms with Crippen molar-refractivity contribution in [3.63, 3.8) is 0 Å². The van der Waals surface area contributed by atoms with E-state index in [1.54, 1.807) is 19.9 Å². The van der Waals surface area contributed by atoms with Gasteiger partial charge < -0.3 is 4.74 Å². The Labute approximate surface area is 171 Å². The van der Waals surface area contributed by atoms with Crippen LogP contribution in [0.4, 0.5) is 0 Å². The summed E-state index contributed by atoms with van der Waals surface area (Å²) < 4.78 is 32.8. The van der Waals surface area contributed by atoms with Crippen molar-refractivity contribution in [3.05, 3.63) is 50.6 Å². The molecular formula is C17H17Cl2NO5S2. The average molecular weight is 450 g/mol. The minimum atomic E-state index is -3.96. The summed E-state index contributed by atoms with van der Waals surface area (Å²) in [6, 6.07) is 7.48. The van der Waals surface area contributed by atoms with Gasteiger partial charge in [0.15, 0.2) is 6.61 Å². The summed E-state index contributed by atoms with van der Waals surface area (Å²) in [6.45, 7) is 2.83. The van der Waals surface area contributed by atoms with Crippen molar-refractivity contribution in [1.82, 2.24) is 4.72 Å². The van der Waals surface area contributed by atoms with Crippen LogP contribution < -0.4 is 4.72 Å². The van der Waals surface area contributed by atoms with Crippen molar-refractivity contribution in [2.45, 2.75) is 24.8 Å². The summed E-state index contributed by atoms with van der Waals surface area (Å²) >= 11 is 12.6. The van der Waals surface area contributed by atoms with E-state index < -0.39 is 40.3 Å². The fourth-order valence-electron chi connectivity index (χ4n) is 2.07. The Kier molecular flexibility index (Phi) is 7.41. The second-order valence-electron chi connectivity index (χ2n) is 5.93. The molecular weight excluding hydrogens is 433 g/mol. The molecule has 6 nitrogen and oxygen atoms in total. The van der Waals surface area contributed by atoms with E-state index in [4.69, 9.17) is 27.9 Å². The second-order valence-corrected chi connectivity index (χ2v) is 9.80. The zero-order valence-electron chi connectivity index (χ0n) is 14.4. The highest BCUT2D eigenvalue weighted by Gasteiger charge is 2.30.